The monoisotopic (exact) mass is 290 g/mol. The highest BCUT2D eigenvalue weighted by molar-refractivity contribution is 6.30. The van der Waals surface area contributed by atoms with E-state index in [2.05, 4.69) is 10.6 Å². The van der Waals surface area contributed by atoms with E-state index in [1.54, 1.807) is 18.2 Å². The van der Waals surface area contributed by atoms with Crippen LogP contribution in [0.1, 0.15) is 16.8 Å². The number of nitrogens with one attached hydrogen (secondary N) is 2. The van der Waals surface area contributed by atoms with Gasteiger partial charge in [-0.2, -0.15) is 0 Å². The highest BCUT2D eigenvalue weighted by Crippen LogP contribution is 2.23. The predicted molar refractivity (Wildman–Crippen MR) is 74.0 cm³/mol. The molecule has 6 heteroatoms. The van der Waals surface area contributed by atoms with Gasteiger partial charge in [0.25, 0.3) is 5.91 Å². The minimum Gasteiger partial charge on any atom is -0.496 e. The highest BCUT2D eigenvalue weighted by Gasteiger charge is 2.19. The molecule has 2 rings (SSSR count). The molecular formula is C12H16Cl2N2O2. The number of halogens is 2. The molecule has 1 atom stereocenters. The maximum absolute atomic E-state index is 12.0. The molecule has 1 aliphatic rings. The van der Waals surface area contributed by atoms with Crippen LogP contribution >= 0.6 is 24.0 Å². The van der Waals surface area contributed by atoms with Crippen LogP contribution in [0.4, 0.5) is 0 Å². The third kappa shape index (κ3) is 3.51. The van der Waals surface area contributed by atoms with Gasteiger partial charge in [0.1, 0.15) is 5.75 Å². The molecule has 1 amide bonds. The van der Waals surface area contributed by atoms with Crippen LogP contribution in [0.2, 0.25) is 5.02 Å². The summed E-state index contributed by atoms with van der Waals surface area (Å²) in [6.07, 6.45) is 0.960. The van der Waals surface area contributed by atoms with Gasteiger partial charge in [0.05, 0.1) is 12.7 Å². The standard InChI is InChI=1S/C12H15ClN2O2.ClH/c1-17-11-6-8(13)2-3-10(11)12(16)15-9-4-5-14-7-9;/h2-3,6,9,14H,4-5,7H2,1H3,(H,15,16);1H. The Kier molecular flexibility index (Phi) is 5.72. The molecular weight excluding hydrogens is 275 g/mol. The molecule has 100 valence electrons. The van der Waals surface area contributed by atoms with Gasteiger partial charge in [-0.15, -0.1) is 12.4 Å². The molecule has 0 aromatic heterocycles. The summed E-state index contributed by atoms with van der Waals surface area (Å²) in [5.74, 6) is 0.383. The first kappa shape index (κ1) is 15.1. The smallest absolute Gasteiger partial charge is 0.255 e. The molecule has 0 aliphatic carbocycles. The maximum Gasteiger partial charge on any atom is 0.255 e. The van der Waals surface area contributed by atoms with Crippen LogP contribution in [0.15, 0.2) is 18.2 Å². The lowest BCUT2D eigenvalue weighted by atomic mass is 10.1. The van der Waals surface area contributed by atoms with Crippen LogP contribution in [0.3, 0.4) is 0 Å². The SMILES string of the molecule is COc1cc(Cl)ccc1C(=O)NC1CCNC1.Cl. The molecule has 1 heterocycles. The van der Waals surface area contributed by atoms with E-state index in [9.17, 15) is 4.79 Å². The number of carbonyl (C=O) groups excluding carboxylic acids is 1. The van der Waals surface area contributed by atoms with E-state index in [1.165, 1.54) is 7.11 Å². The van der Waals surface area contributed by atoms with Crippen molar-refractivity contribution in [3.05, 3.63) is 28.8 Å². The Hall–Kier alpha value is -0.970. The third-order valence-electron chi connectivity index (χ3n) is 2.80. The van der Waals surface area contributed by atoms with E-state index in [-0.39, 0.29) is 24.4 Å². The quantitative estimate of drug-likeness (QED) is 0.893. The van der Waals surface area contributed by atoms with Crippen molar-refractivity contribution >= 4 is 29.9 Å². The summed E-state index contributed by atoms with van der Waals surface area (Å²) in [6, 6.07) is 5.21. The number of methoxy groups -OCH3 is 1. The summed E-state index contributed by atoms with van der Waals surface area (Å²) in [5.41, 5.74) is 0.517. The first-order valence-electron chi connectivity index (χ1n) is 5.56. The van der Waals surface area contributed by atoms with E-state index < -0.39 is 0 Å². The molecule has 0 bridgehead atoms. The average molecular weight is 291 g/mol. The summed E-state index contributed by atoms with van der Waals surface area (Å²) in [6.45, 7) is 1.77. The molecule has 1 aromatic carbocycles. The Morgan fingerprint density at radius 2 is 2.33 bits per heavy atom. The minimum atomic E-state index is -0.118. The van der Waals surface area contributed by atoms with Gasteiger partial charge in [-0.3, -0.25) is 4.79 Å². The van der Waals surface area contributed by atoms with Crippen LogP contribution in [0.25, 0.3) is 0 Å². The first-order chi connectivity index (χ1) is 8.20. The molecule has 18 heavy (non-hydrogen) atoms. The van der Waals surface area contributed by atoms with Gasteiger partial charge in [-0.1, -0.05) is 11.6 Å². The molecule has 1 fully saturated rings. The van der Waals surface area contributed by atoms with Crippen molar-refractivity contribution in [1.82, 2.24) is 10.6 Å². The summed E-state index contributed by atoms with van der Waals surface area (Å²) >= 11 is 5.85. The van der Waals surface area contributed by atoms with Gasteiger partial charge in [-0.05, 0) is 31.2 Å². The van der Waals surface area contributed by atoms with Crippen molar-refractivity contribution in [2.45, 2.75) is 12.5 Å². The van der Waals surface area contributed by atoms with E-state index >= 15 is 0 Å². The van der Waals surface area contributed by atoms with Crippen LogP contribution in [0.5, 0.6) is 5.75 Å². The molecule has 1 aliphatic heterocycles. The van der Waals surface area contributed by atoms with Crippen molar-refractivity contribution in [1.29, 1.82) is 0 Å². The Morgan fingerprint density at radius 1 is 1.56 bits per heavy atom. The normalized spacial score (nSPS) is 18.0. The molecule has 2 N–H and O–H groups in total. The third-order valence-corrected chi connectivity index (χ3v) is 3.04. The molecule has 4 nitrogen and oxygen atoms in total. The Labute approximate surface area is 117 Å². The van der Waals surface area contributed by atoms with Crippen molar-refractivity contribution in [2.75, 3.05) is 20.2 Å². The van der Waals surface area contributed by atoms with Crippen LogP contribution in [-0.2, 0) is 0 Å². The van der Waals surface area contributed by atoms with Crippen molar-refractivity contribution in [3.8, 4) is 5.75 Å². The Bertz CT molecular complexity index is 421. The number of rotatable bonds is 3. The fourth-order valence-corrected chi connectivity index (χ4v) is 2.06. The van der Waals surface area contributed by atoms with Gasteiger partial charge >= 0.3 is 0 Å². The van der Waals surface area contributed by atoms with E-state index in [4.69, 9.17) is 16.3 Å². The lowest BCUT2D eigenvalue weighted by Gasteiger charge is -2.13. The van der Waals surface area contributed by atoms with Gasteiger partial charge in [0, 0.05) is 17.6 Å². The Balaban J connectivity index is 0.00000162. The van der Waals surface area contributed by atoms with E-state index in [0.717, 1.165) is 19.5 Å². The second-order valence-electron chi connectivity index (χ2n) is 4.01. The van der Waals surface area contributed by atoms with Crippen LogP contribution in [-0.4, -0.2) is 32.1 Å². The van der Waals surface area contributed by atoms with Crippen LogP contribution in [0, 0.1) is 0 Å². The zero-order chi connectivity index (χ0) is 12.3. The number of amides is 1. The lowest BCUT2D eigenvalue weighted by Crippen LogP contribution is -2.36. The van der Waals surface area contributed by atoms with Crippen molar-refractivity contribution < 1.29 is 9.53 Å². The van der Waals surface area contributed by atoms with Gasteiger partial charge in [0.15, 0.2) is 0 Å². The molecule has 1 unspecified atom stereocenters. The average Bonchev–Trinajstić information content (AvgIpc) is 2.81. The lowest BCUT2D eigenvalue weighted by molar-refractivity contribution is 0.0937. The summed E-state index contributed by atoms with van der Waals surface area (Å²) in [5, 5.41) is 6.72. The van der Waals surface area contributed by atoms with E-state index in [0.29, 0.717) is 16.3 Å². The number of hydrogen-bond acceptors (Lipinski definition) is 3. The fourth-order valence-electron chi connectivity index (χ4n) is 1.89. The molecule has 1 aromatic rings. The van der Waals surface area contributed by atoms with Crippen molar-refractivity contribution in [2.24, 2.45) is 0 Å². The first-order valence-corrected chi connectivity index (χ1v) is 5.93. The highest BCUT2D eigenvalue weighted by atomic mass is 35.5. The number of hydrogen-bond donors (Lipinski definition) is 2. The molecule has 0 spiro atoms. The summed E-state index contributed by atoms with van der Waals surface area (Å²) in [4.78, 5) is 12.0. The van der Waals surface area contributed by atoms with E-state index in [1.807, 2.05) is 0 Å². The zero-order valence-electron chi connectivity index (χ0n) is 10.0. The predicted octanol–water partition coefficient (Wildman–Crippen LogP) is 1.86. The largest absolute Gasteiger partial charge is 0.496 e. The zero-order valence-corrected chi connectivity index (χ0v) is 11.6. The summed E-state index contributed by atoms with van der Waals surface area (Å²) < 4.78 is 5.15. The fraction of sp³-hybridized carbons (Fsp3) is 0.417. The van der Waals surface area contributed by atoms with Gasteiger partial charge in [-0.25, -0.2) is 0 Å². The molecule has 1 saturated heterocycles. The second kappa shape index (κ2) is 6.83. The topological polar surface area (TPSA) is 50.4 Å². The van der Waals surface area contributed by atoms with Gasteiger partial charge in [0.2, 0.25) is 0 Å². The number of benzene rings is 1. The minimum absolute atomic E-state index is 0. The number of carbonyl (C=O) groups is 1. The maximum atomic E-state index is 12.0. The van der Waals surface area contributed by atoms with Crippen LogP contribution < -0.4 is 15.4 Å². The Morgan fingerprint density at radius 3 is 2.94 bits per heavy atom. The van der Waals surface area contributed by atoms with Crippen molar-refractivity contribution in [3.63, 3.8) is 0 Å². The number of ether oxygens (including phenoxy) is 1. The molecule has 0 radical (unpaired) electrons. The molecule has 0 saturated carbocycles. The van der Waals surface area contributed by atoms with Gasteiger partial charge < -0.3 is 15.4 Å². The second-order valence-corrected chi connectivity index (χ2v) is 4.44. The summed E-state index contributed by atoms with van der Waals surface area (Å²) in [7, 11) is 1.53.